The summed E-state index contributed by atoms with van der Waals surface area (Å²) in [4.78, 5) is 27.4. The predicted octanol–water partition coefficient (Wildman–Crippen LogP) is 4.02. The number of rotatable bonds is 5. The van der Waals surface area contributed by atoms with Crippen LogP contribution in [0.3, 0.4) is 0 Å². The number of amides is 2. The summed E-state index contributed by atoms with van der Waals surface area (Å²) in [6.07, 6.45) is 2.91. The quantitative estimate of drug-likeness (QED) is 0.762. The van der Waals surface area contributed by atoms with E-state index in [4.69, 9.17) is 4.74 Å². The maximum atomic E-state index is 13.0. The van der Waals surface area contributed by atoms with Crippen molar-refractivity contribution in [3.8, 4) is 0 Å². The van der Waals surface area contributed by atoms with Gasteiger partial charge < -0.3 is 15.0 Å². The Hall–Kier alpha value is -2.83. The molecule has 1 N–H and O–H groups in total. The Kier molecular flexibility index (Phi) is 6.96. The first-order chi connectivity index (χ1) is 14.9. The van der Waals surface area contributed by atoms with Crippen LogP contribution in [0.2, 0.25) is 0 Å². The van der Waals surface area contributed by atoms with E-state index in [0.29, 0.717) is 31.6 Å². The Morgan fingerprint density at radius 2 is 1.91 bits per heavy atom. The molecule has 0 spiro atoms. The number of piperidine rings is 1. The molecule has 1 fully saturated rings. The zero-order chi connectivity index (χ0) is 23.5. The molecule has 0 saturated carbocycles. The maximum Gasteiger partial charge on any atom is 0.410 e. The summed E-state index contributed by atoms with van der Waals surface area (Å²) in [6, 6.07) is 10.1. The van der Waals surface area contributed by atoms with Gasteiger partial charge in [0.25, 0.3) is 5.91 Å². The number of nitrogens with one attached hydrogen (secondary N) is 1. The molecule has 2 aromatic rings. The van der Waals surface area contributed by atoms with Gasteiger partial charge in [0.2, 0.25) is 0 Å². The highest BCUT2D eigenvalue weighted by Gasteiger charge is 2.36. The van der Waals surface area contributed by atoms with Crippen molar-refractivity contribution in [1.82, 2.24) is 20.0 Å². The Bertz CT molecular complexity index is 944. The zero-order valence-electron chi connectivity index (χ0n) is 20.1. The monoisotopic (exact) mass is 440 g/mol. The molecule has 32 heavy (non-hydrogen) atoms. The average molecular weight is 441 g/mol. The van der Waals surface area contributed by atoms with Gasteiger partial charge >= 0.3 is 6.09 Å². The number of hydrogen-bond acceptors (Lipinski definition) is 4. The Morgan fingerprint density at radius 1 is 1.22 bits per heavy atom. The van der Waals surface area contributed by atoms with E-state index in [-0.39, 0.29) is 23.3 Å². The van der Waals surface area contributed by atoms with Crippen LogP contribution in [0.1, 0.15) is 62.7 Å². The first-order valence-corrected chi connectivity index (χ1v) is 11.2. The first-order valence-electron chi connectivity index (χ1n) is 11.2. The van der Waals surface area contributed by atoms with E-state index < -0.39 is 5.60 Å². The topological polar surface area (TPSA) is 76.5 Å². The number of nitrogens with zero attached hydrogens (tertiary/aromatic N) is 3. The van der Waals surface area contributed by atoms with Crippen molar-refractivity contribution in [3.05, 3.63) is 53.3 Å². The lowest BCUT2D eigenvalue weighted by molar-refractivity contribution is -0.000788. The van der Waals surface area contributed by atoms with Crippen LogP contribution in [-0.4, -0.2) is 51.9 Å². The number of benzene rings is 1. The highest BCUT2D eigenvalue weighted by atomic mass is 16.6. The Morgan fingerprint density at radius 3 is 2.56 bits per heavy atom. The van der Waals surface area contributed by atoms with Gasteiger partial charge in [0.1, 0.15) is 5.60 Å². The second kappa shape index (κ2) is 9.35. The molecule has 3 rings (SSSR count). The van der Waals surface area contributed by atoms with E-state index in [1.165, 1.54) is 0 Å². The molecule has 2 amide bonds. The third-order valence-corrected chi connectivity index (χ3v) is 5.66. The average Bonchev–Trinajstić information content (AvgIpc) is 3.05. The molecule has 1 aromatic heterocycles. The number of carbonyl (C=O) groups is 2. The van der Waals surface area contributed by atoms with Crippen LogP contribution in [0.4, 0.5) is 4.79 Å². The van der Waals surface area contributed by atoms with Crippen LogP contribution in [-0.2, 0) is 18.2 Å². The van der Waals surface area contributed by atoms with Crippen molar-refractivity contribution < 1.29 is 14.3 Å². The van der Waals surface area contributed by atoms with E-state index in [9.17, 15) is 9.59 Å². The fraction of sp³-hybridized carbons (Fsp3) is 0.560. The van der Waals surface area contributed by atoms with Crippen LogP contribution in [0.15, 0.2) is 36.5 Å². The van der Waals surface area contributed by atoms with Crippen LogP contribution in [0.25, 0.3) is 0 Å². The molecule has 0 aliphatic carbocycles. The van der Waals surface area contributed by atoms with Gasteiger partial charge in [-0.1, -0.05) is 44.2 Å². The zero-order valence-corrected chi connectivity index (χ0v) is 20.1. The second-order valence-corrected chi connectivity index (χ2v) is 10.6. The van der Waals surface area contributed by atoms with Gasteiger partial charge in [0.05, 0.1) is 17.5 Å². The first kappa shape index (κ1) is 23.8. The lowest BCUT2D eigenvalue weighted by Gasteiger charge is -2.42. The van der Waals surface area contributed by atoms with Gasteiger partial charge in [0.15, 0.2) is 0 Å². The fourth-order valence-electron chi connectivity index (χ4n) is 4.39. The van der Waals surface area contributed by atoms with Crippen molar-refractivity contribution in [2.75, 3.05) is 19.6 Å². The molecule has 1 atom stereocenters. The minimum Gasteiger partial charge on any atom is -0.444 e. The summed E-state index contributed by atoms with van der Waals surface area (Å²) in [5.74, 6) is 0.0284. The largest absolute Gasteiger partial charge is 0.444 e. The molecule has 1 unspecified atom stereocenters. The summed E-state index contributed by atoms with van der Waals surface area (Å²) in [7, 11) is 1.86. The maximum absolute atomic E-state index is 13.0. The highest BCUT2D eigenvalue weighted by Crippen LogP contribution is 2.32. The van der Waals surface area contributed by atoms with Crippen molar-refractivity contribution in [1.29, 1.82) is 0 Å². The summed E-state index contributed by atoms with van der Waals surface area (Å²) in [6.45, 7) is 11.6. The van der Waals surface area contributed by atoms with Gasteiger partial charge in [-0.05, 0) is 44.1 Å². The number of aryl methyl sites for hydroxylation is 1. The molecule has 1 aromatic carbocycles. The standard InChI is InChI=1S/C25H36N4O3/c1-24(2,3)32-23(31)29-16-19(13-25(4,5)17-29)14-26-22(30)20-15-27-28(6)21(20)12-18-10-8-7-9-11-18/h7-11,15,19H,12-14,16-17H2,1-6H3,(H,26,30). The van der Waals surface area contributed by atoms with E-state index >= 15 is 0 Å². The Labute approximate surface area is 191 Å². The molecule has 7 heteroatoms. The second-order valence-electron chi connectivity index (χ2n) is 10.6. The van der Waals surface area contributed by atoms with E-state index in [1.54, 1.807) is 15.8 Å². The summed E-state index contributed by atoms with van der Waals surface area (Å²) in [5.41, 5.74) is 2.03. The number of carbonyl (C=O) groups excluding carboxylic acids is 2. The summed E-state index contributed by atoms with van der Waals surface area (Å²) < 4.78 is 7.34. The number of hydrogen-bond donors (Lipinski definition) is 1. The minimum absolute atomic E-state index is 0.0443. The van der Waals surface area contributed by atoms with E-state index in [0.717, 1.165) is 17.7 Å². The molecular weight excluding hydrogens is 404 g/mol. The minimum atomic E-state index is -0.530. The number of ether oxygens (including phenoxy) is 1. The Balaban J connectivity index is 1.65. The van der Waals surface area contributed by atoms with Crippen LogP contribution < -0.4 is 5.32 Å². The summed E-state index contributed by atoms with van der Waals surface area (Å²) >= 11 is 0. The molecule has 2 heterocycles. The third kappa shape index (κ3) is 6.34. The SMILES string of the molecule is Cn1ncc(C(=O)NCC2CN(C(=O)OC(C)(C)C)CC(C)(C)C2)c1Cc1ccccc1. The normalized spacial score (nSPS) is 18.3. The van der Waals surface area contributed by atoms with Crippen molar-refractivity contribution >= 4 is 12.0 Å². The summed E-state index contributed by atoms with van der Waals surface area (Å²) in [5, 5.41) is 7.39. The smallest absolute Gasteiger partial charge is 0.410 e. The third-order valence-electron chi connectivity index (χ3n) is 5.66. The molecule has 1 saturated heterocycles. The number of likely N-dealkylation sites (tertiary alicyclic amines) is 1. The van der Waals surface area contributed by atoms with E-state index in [2.05, 4.69) is 24.3 Å². The highest BCUT2D eigenvalue weighted by molar-refractivity contribution is 5.95. The van der Waals surface area contributed by atoms with Gasteiger partial charge in [-0.15, -0.1) is 0 Å². The number of aromatic nitrogens is 2. The lowest BCUT2D eigenvalue weighted by atomic mass is 9.78. The van der Waals surface area contributed by atoms with Crippen LogP contribution in [0, 0.1) is 11.3 Å². The lowest BCUT2D eigenvalue weighted by Crippen LogP contribution is -2.51. The van der Waals surface area contributed by atoms with Gasteiger partial charge in [-0.2, -0.15) is 5.10 Å². The van der Waals surface area contributed by atoms with Crippen molar-refractivity contribution in [2.24, 2.45) is 18.4 Å². The molecule has 0 bridgehead atoms. The molecule has 1 aliphatic heterocycles. The van der Waals surface area contributed by atoms with Gasteiger partial charge in [-0.3, -0.25) is 9.48 Å². The molecule has 7 nitrogen and oxygen atoms in total. The van der Waals surface area contributed by atoms with Crippen LogP contribution in [0.5, 0.6) is 0 Å². The molecule has 1 aliphatic rings. The van der Waals surface area contributed by atoms with Gasteiger partial charge in [0, 0.05) is 33.1 Å². The van der Waals surface area contributed by atoms with Crippen molar-refractivity contribution in [2.45, 2.75) is 53.1 Å². The van der Waals surface area contributed by atoms with E-state index in [1.807, 2.05) is 58.2 Å². The van der Waals surface area contributed by atoms with Crippen LogP contribution >= 0.6 is 0 Å². The molecule has 0 radical (unpaired) electrons. The molecule has 174 valence electrons. The predicted molar refractivity (Wildman–Crippen MR) is 124 cm³/mol. The van der Waals surface area contributed by atoms with Crippen molar-refractivity contribution in [3.63, 3.8) is 0 Å². The molecular formula is C25H36N4O3. The fourth-order valence-corrected chi connectivity index (χ4v) is 4.39. The van der Waals surface area contributed by atoms with Gasteiger partial charge in [-0.25, -0.2) is 4.79 Å².